The van der Waals surface area contributed by atoms with Crippen molar-refractivity contribution in [3.63, 3.8) is 0 Å². The minimum absolute atomic E-state index is 0.535. The fourth-order valence-electron chi connectivity index (χ4n) is 1.95. The van der Waals surface area contributed by atoms with E-state index >= 15 is 0 Å². The van der Waals surface area contributed by atoms with Crippen LogP contribution < -0.4 is 11.1 Å². The maximum absolute atomic E-state index is 5.59. The van der Waals surface area contributed by atoms with Crippen molar-refractivity contribution >= 4 is 17.4 Å². The minimum Gasteiger partial charge on any atom is -0.381 e. The number of anilines is 1. The Bertz CT molecular complexity index is 363. The molecule has 0 aromatic heterocycles. The second kappa shape index (κ2) is 5.11. The Morgan fingerprint density at radius 2 is 2.31 bits per heavy atom. The smallest absolute Gasteiger partial charge is 0.0481 e. The number of hydrogen-bond donors (Lipinski definition) is 2. The van der Waals surface area contributed by atoms with Crippen LogP contribution in [0.25, 0.3) is 0 Å². The van der Waals surface area contributed by atoms with Gasteiger partial charge in [0, 0.05) is 22.4 Å². The van der Waals surface area contributed by atoms with E-state index in [1.165, 1.54) is 16.1 Å². The molecule has 0 spiro atoms. The Kier molecular flexibility index (Phi) is 3.77. The molecule has 0 radical (unpaired) electrons. The van der Waals surface area contributed by atoms with E-state index in [-0.39, 0.29) is 0 Å². The zero-order chi connectivity index (χ0) is 11.5. The van der Waals surface area contributed by atoms with Gasteiger partial charge in [-0.25, -0.2) is 0 Å². The zero-order valence-electron chi connectivity index (χ0n) is 9.99. The lowest BCUT2D eigenvalue weighted by Gasteiger charge is -2.27. The summed E-state index contributed by atoms with van der Waals surface area (Å²) in [5, 5.41) is 3.56. The highest BCUT2D eigenvalue weighted by Gasteiger charge is 2.17. The van der Waals surface area contributed by atoms with Crippen LogP contribution in [0.5, 0.6) is 0 Å². The van der Waals surface area contributed by atoms with E-state index in [4.69, 9.17) is 5.73 Å². The van der Waals surface area contributed by atoms with E-state index < -0.39 is 0 Å². The molecule has 1 aliphatic rings. The molecule has 0 amide bonds. The monoisotopic (exact) mass is 236 g/mol. The van der Waals surface area contributed by atoms with Crippen molar-refractivity contribution in [3.8, 4) is 0 Å². The fourth-order valence-corrected chi connectivity index (χ4v) is 3.08. The van der Waals surface area contributed by atoms with E-state index in [0.717, 1.165) is 18.7 Å². The lowest BCUT2D eigenvalue weighted by atomic mass is 10.0. The van der Waals surface area contributed by atoms with Gasteiger partial charge in [-0.3, -0.25) is 0 Å². The Morgan fingerprint density at radius 1 is 1.50 bits per heavy atom. The molecule has 2 nitrogen and oxygen atoms in total. The average molecular weight is 236 g/mol. The van der Waals surface area contributed by atoms with Gasteiger partial charge in [0.15, 0.2) is 0 Å². The Morgan fingerprint density at radius 3 is 3.00 bits per heavy atom. The largest absolute Gasteiger partial charge is 0.381 e. The molecular weight excluding hydrogens is 216 g/mol. The van der Waals surface area contributed by atoms with E-state index in [2.05, 4.69) is 37.4 Å². The van der Waals surface area contributed by atoms with Crippen molar-refractivity contribution in [3.05, 3.63) is 23.8 Å². The highest BCUT2D eigenvalue weighted by atomic mass is 32.2. The Balaban J connectivity index is 2.15. The molecule has 16 heavy (non-hydrogen) atoms. The summed E-state index contributed by atoms with van der Waals surface area (Å²) in [6.45, 7) is 5.23. The van der Waals surface area contributed by atoms with Crippen molar-refractivity contribution in [2.75, 3.05) is 17.6 Å². The van der Waals surface area contributed by atoms with Gasteiger partial charge in [-0.15, -0.1) is 11.8 Å². The first-order valence-corrected chi connectivity index (χ1v) is 6.92. The second-order valence-electron chi connectivity index (χ2n) is 4.64. The van der Waals surface area contributed by atoms with Crippen molar-refractivity contribution in [2.45, 2.75) is 37.1 Å². The number of rotatable bonds is 3. The summed E-state index contributed by atoms with van der Waals surface area (Å²) in [6, 6.07) is 7.28. The van der Waals surface area contributed by atoms with Crippen LogP contribution in [0.2, 0.25) is 0 Å². The minimum atomic E-state index is 0.535. The summed E-state index contributed by atoms with van der Waals surface area (Å²) in [5.41, 5.74) is 8.29. The highest BCUT2D eigenvalue weighted by Crippen LogP contribution is 2.35. The van der Waals surface area contributed by atoms with Gasteiger partial charge in [-0.1, -0.05) is 19.9 Å². The first-order chi connectivity index (χ1) is 7.70. The number of nitrogens with one attached hydrogen (secondary N) is 1. The van der Waals surface area contributed by atoms with Crippen LogP contribution in [0.15, 0.2) is 23.1 Å². The van der Waals surface area contributed by atoms with Gasteiger partial charge < -0.3 is 11.1 Å². The van der Waals surface area contributed by atoms with Crippen molar-refractivity contribution in [1.82, 2.24) is 0 Å². The SMILES string of the molecule is CC(C)c1ccc2c(c1)SCC(CCN)N2. The van der Waals surface area contributed by atoms with Crippen molar-refractivity contribution in [1.29, 1.82) is 0 Å². The number of fused-ring (bicyclic) bond motifs is 1. The van der Waals surface area contributed by atoms with E-state index in [9.17, 15) is 0 Å². The van der Waals surface area contributed by atoms with E-state index in [0.29, 0.717) is 12.0 Å². The molecule has 3 N–H and O–H groups in total. The number of thioether (sulfide) groups is 1. The molecule has 3 heteroatoms. The maximum atomic E-state index is 5.59. The quantitative estimate of drug-likeness (QED) is 0.847. The Labute approximate surface area is 102 Å². The lowest BCUT2D eigenvalue weighted by Crippen LogP contribution is -2.28. The fraction of sp³-hybridized carbons (Fsp3) is 0.538. The number of benzene rings is 1. The topological polar surface area (TPSA) is 38.0 Å². The van der Waals surface area contributed by atoms with E-state index in [1.54, 1.807) is 0 Å². The number of nitrogens with two attached hydrogens (primary N) is 1. The summed E-state index contributed by atoms with van der Waals surface area (Å²) in [7, 11) is 0. The normalized spacial score (nSPS) is 19.4. The summed E-state index contributed by atoms with van der Waals surface area (Å²) >= 11 is 1.95. The molecular formula is C13H20N2S. The summed E-state index contributed by atoms with van der Waals surface area (Å²) in [6.07, 6.45) is 1.05. The molecule has 0 bridgehead atoms. The van der Waals surface area contributed by atoms with E-state index in [1.807, 2.05) is 11.8 Å². The third-order valence-electron chi connectivity index (χ3n) is 2.99. The van der Waals surface area contributed by atoms with Crippen LogP contribution in [-0.4, -0.2) is 18.3 Å². The van der Waals surface area contributed by atoms with Crippen molar-refractivity contribution < 1.29 is 0 Å². The molecule has 1 unspecified atom stereocenters. The van der Waals surface area contributed by atoms with Crippen LogP contribution in [0, 0.1) is 0 Å². The molecule has 1 heterocycles. The van der Waals surface area contributed by atoms with Gasteiger partial charge in [0.05, 0.1) is 0 Å². The lowest BCUT2D eigenvalue weighted by molar-refractivity contribution is 0.717. The Hall–Kier alpha value is -0.670. The third-order valence-corrected chi connectivity index (χ3v) is 4.20. The molecule has 1 aromatic carbocycles. The molecule has 1 aliphatic heterocycles. The molecule has 1 atom stereocenters. The second-order valence-corrected chi connectivity index (χ2v) is 5.70. The van der Waals surface area contributed by atoms with Crippen LogP contribution in [0.3, 0.4) is 0 Å². The van der Waals surface area contributed by atoms with Crippen LogP contribution in [0.1, 0.15) is 31.7 Å². The predicted molar refractivity (Wildman–Crippen MR) is 72.3 cm³/mol. The molecule has 0 saturated carbocycles. The summed E-state index contributed by atoms with van der Waals surface area (Å²) < 4.78 is 0. The molecule has 88 valence electrons. The standard InChI is InChI=1S/C13H20N2S/c1-9(2)10-3-4-12-13(7-10)16-8-11(15-12)5-6-14/h3-4,7,9,11,15H,5-6,8,14H2,1-2H3. The van der Waals surface area contributed by atoms with Gasteiger partial charge in [0.2, 0.25) is 0 Å². The molecule has 0 aliphatic carbocycles. The molecule has 0 saturated heterocycles. The van der Waals surface area contributed by atoms with Crippen LogP contribution in [-0.2, 0) is 0 Å². The molecule has 0 fully saturated rings. The average Bonchev–Trinajstić information content (AvgIpc) is 2.28. The van der Waals surface area contributed by atoms with Gasteiger partial charge >= 0.3 is 0 Å². The highest BCUT2D eigenvalue weighted by molar-refractivity contribution is 7.99. The predicted octanol–water partition coefficient (Wildman–Crippen LogP) is 3.05. The number of hydrogen-bond acceptors (Lipinski definition) is 3. The van der Waals surface area contributed by atoms with Crippen molar-refractivity contribution in [2.24, 2.45) is 5.73 Å². The first kappa shape index (κ1) is 11.8. The van der Waals surface area contributed by atoms with Crippen LogP contribution in [0.4, 0.5) is 5.69 Å². The van der Waals surface area contributed by atoms with Crippen LogP contribution >= 0.6 is 11.8 Å². The van der Waals surface area contributed by atoms with Gasteiger partial charge in [0.25, 0.3) is 0 Å². The zero-order valence-corrected chi connectivity index (χ0v) is 10.8. The molecule has 1 aromatic rings. The molecule has 2 rings (SSSR count). The summed E-state index contributed by atoms with van der Waals surface area (Å²) in [4.78, 5) is 1.39. The van der Waals surface area contributed by atoms with Gasteiger partial charge in [-0.05, 0) is 36.6 Å². The third kappa shape index (κ3) is 2.53. The van der Waals surface area contributed by atoms with Gasteiger partial charge in [-0.2, -0.15) is 0 Å². The first-order valence-electron chi connectivity index (χ1n) is 5.94. The maximum Gasteiger partial charge on any atom is 0.0481 e. The van der Waals surface area contributed by atoms with Gasteiger partial charge in [0.1, 0.15) is 0 Å². The summed E-state index contributed by atoms with van der Waals surface area (Å²) in [5.74, 6) is 1.74.